The van der Waals surface area contributed by atoms with Gasteiger partial charge in [0.15, 0.2) is 0 Å². The van der Waals surface area contributed by atoms with Gasteiger partial charge in [0.25, 0.3) is 0 Å². The largest absolute Gasteiger partial charge is 0.330 e. The monoisotopic (exact) mass is 265 g/mol. The van der Waals surface area contributed by atoms with E-state index < -0.39 is 0 Å². The van der Waals surface area contributed by atoms with Gasteiger partial charge in [0.1, 0.15) is 0 Å². The second-order valence-electron chi connectivity index (χ2n) is 6.03. The van der Waals surface area contributed by atoms with Crippen LogP contribution in [0.4, 0.5) is 0 Å². The van der Waals surface area contributed by atoms with Crippen LogP contribution in [0.25, 0.3) is 0 Å². The Labute approximate surface area is 121 Å². The maximum Gasteiger partial charge on any atom is 0.00667 e. The number of benzene rings is 2. The number of hydrogen-bond donors (Lipinski definition) is 1. The zero-order valence-corrected chi connectivity index (χ0v) is 12.4. The van der Waals surface area contributed by atoms with Crippen LogP contribution >= 0.6 is 0 Å². The molecule has 0 bridgehead atoms. The maximum atomic E-state index is 5.61. The third-order valence-electron chi connectivity index (χ3n) is 4.49. The van der Waals surface area contributed by atoms with Crippen molar-refractivity contribution in [3.8, 4) is 0 Å². The van der Waals surface area contributed by atoms with Gasteiger partial charge in [-0.1, -0.05) is 48.9 Å². The molecule has 1 aliphatic rings. The molecule has 0 saturated carbocycles. The van der Waals surface area contributed by atoms with Crippen molar-refractivity contribution in [3.05, 3.63) is 69.8 Å². The van der Waals surface area contributed by atoms with Crippen molar-refractivity contribution in [2.45, 2.75) is 39.0 Å². The molecule has 0 heterocycles. The lowest BCUT2D eigenvalue weighted by atomic mass is 9.78. The van der Waals surface area contributed by atoms with Crippen LogP contribution in [0, 0.1) is 6.92 Å². The van der Waals surface area contributed by atoms with Crippen LogP contribution in [0.3, 0.4) is 0 Å². The molecule has 104 valence electrons. The van der Waals surface area contributed by atoms with Crippen molar-refractivity contribution >= 4 is 0 Å². The van der Waals surface area contributed by atoms with E-state index in [4.69, 9.17) is 5.73 Å². The highest BCUT2D eigenvalue weighted by atomic mass is 14.5. The highest BCUT2D eigenvalue weighted by molar-refractivity contribution is 5.50. The van der Waals surface area contributed by atoms with Gasteiger partial charge in [-0.05, 0) is 60.5 Å². The minimum absolute atomic E-state index is 0.511. The molecule has 2 aromatic carbocycles. The average Bonchev–Trinajstić information content (AvgIpc) is 2.46. The highest BCUT2D eigenvalue weighted by Crippen LogP contribution is 2.37. The Bertz CT molecular complexity index is 628. The molecule has 2 aromatic rings. The lowest BCUT2D eigenvalue weighted by Gasteiger charge is -2.27. The van der Waals surface area contributed by atoms with E-state index in [0.717, 1.165) is 25.8 Å². The summed E-state index contributed by atoms with van der Waals surface area (Å²) in [4.78, 5) is 0. The van der Waals surface area contributed by atoms with E-state index in [-0.39, 0.29) is 0 Å². The van der Waals surface area contributed by atoms with E-state index in [1.54, 1.807) is 0 Å². The van der Waals surface area contributed by atoms with E-state index in [1.807, 2.05) is 0 Å². The van der Waals surface area contributed by atoms with Crippen molar-refractivity contribution in [2.75, 3.05) is 6.54 Å². The summed E-state index contributed by atoms with van der Waals surface area (Å²) in [5.74, 6) is 0.511. The Balaban J connectivity index is 1.97. The number of hydrogen-bond acceptors (Lipinski definition) is 1. The van der Waals surface area contributed by atoms with Crippen LogP contribution in [0.1, 0.15) is 52.6 Å². The third kappa shape index (κ3) is 2.38. The number of fused-ring (bicyclic) bond motifs is 2. The SMILES string of the molecule is Cc1ccc2c(c1)C(C)c1ccc(CCCN)cc1C2. The van der Waals surface area contributed by atoms with E-state index in [2.05, 4.69) is 50.2 Å². The molecule has 0 aliphatic heterocycles. The van der Waals surface area contributed by atoms with E-state index in [0.29, 0.717) is 5.92 Å². The molecular weight excluding hydrogens is 242 g/mol. The highest BCUT2D eigenvalue weighted by Gasteiger charge is 2.22. The van der Waals surface area contributed by atoms with E-state index in [1.165, 1.54) is 33.4 Å². The third-order valence-corrected chi connectivity index (χ3v) is 4.49. The summed E-state index contributed by atoms with van der Waals surface area (Å²) in [5, 5.41) is 0. The van der Waals surface area contributed by atoms with Crippen LogP contribution in [0.15, 0.2) is 36.4 Å². The molecule has 0 radical (unpaired) electrons. The second kappa shape index (κ2) is 5.41. The Kier molecular flexibility index (Phi) is 3.62. The van der Waals surface area contributed by atoms with Crippen molar-refractivity contribution in [3.63, 3.8) is 0 Å². The van der Waals surface area contributed by atoms with Crippen molar-refractivity contribution in [2.24, 2.45) is 5.73 Å². The quantitative estimate of drug-likeness (QED) is 0.893. The molecule has 0 aromatic heterocycles. The van der Waals surface area contributed by atoms with Gasteiger partial charge in [0.05, 0.1) is 0 Å². The molecule has 1 aliphatic carbocycles. The summed E-state index contributed by atoms with van der Waals surface area (Å²) >= 11 is 0. The molecule has 20 heavy (non-hydrogen) atoms. The van der Waals surface area contributed by atoms with Gasteiger partial charge in [-0.25, -0.2) is 0 Å². The Morgan fingerprint density at radius 1 is 1.05 bits per heavy atom. The topological polar surface area (TPSA) is 26.0 Å². The molecule has 0 saturated heterocycles. The first kappa shape index (κ1) is 13.4. The predicted octanol–water partition coefficient (Wildman–Crippen LogP) is 3.94. The van der Waals surface area contributed by atoms with Gasteiger partial charge in [-0.3, -0.25) is 0 Å². The van der Waals surface area contributed by atoms with Crippen LogP contribution in [-0.4, -0.2) is 6.54 Å². The fourth-order valence-electron chi connectivity index (χ4n) is 3.35. The molecule has 1 unspecified atom stereocenters. The molecule has 1 nitrogen and oxygen atoms in total. The van der Waals surface area contributed by atoms with Crippen LogP contribution < -0.4 is 5.73 Å². The summed E-state index contributed by atoms with van der Waals surface area (Å²) in [7, 11) is 0. The van der Waals surface area contributed by atoms with Crippen molar-refractivity contribution in [1.29, 1.82) is 0 Å². The number of aryl methyl sites for hydroxylation is 2. The smallest absolute Gasteiger partial charge is 0.00667 e. The number of nitrogens with two attached hydrogens (primary N) is 1. The Morgan fingerprint density at radius 3 is 2.70 bits per heavy atom. The van der Waals surface area contributed by atoms with Gasteiger partial charge in [0, 0.05) is 5.92 Å². The van der Waals surface area contributed by atoms with Crippen molar-refractivity contribution in [1.82, 2.24) is 0 Å². The first-order valence-corrected chi connectivity index (χ1v) is 7.60. The molecular formula is C19H23N. The van der Waals surface area contributed by atoms with Gasteiger partial charge >= 0.3 is 0 Å². The lowest BCUT2D eigenvalue weighted by molar-refractivity contribution is 0.815. The summed E-state index contributed by atoms with van der Waals surface area (Å²) in [5.41, 5.74) is 14.4. The maximum absolute atomic E-state index is 5.61. The Hall–Kier alpha value is -1.60. The summed E-state index contributed by atoms with van der Waals surface area (Å²) < 4.78 is 0. The molecule has 1 atom stereocenters. The predicted molar refractivity (Wildman–Crippen MR) is 85.3 cm³/mol. The molecule has 2 N–H and O–H groups in total. The summed E-state index contributed by atoms with van der Waals surface area (Å²) in [6, 6.07) is 13.9. The minimum atomic E-state index is 0.511. The van der Waals surface area contributed by atoms with Crippen molar-refractivity contribution < 1.29 is 0 Å². The van der Waals surface area contributed by atoms with Gasteiger partial charge in [-0.15, -0.1) is 0 Å². The summed E-state index contributed by atoms with van der Waals surface area (Å²) in [6.07, 6.45) is 3.24. The van der Waals surface area contributed by atoms with Gasteiger partial charge in [0.2, 0.25) is 0 Å². The van der Waals surface area contributed by atoms with Crippen LogP contribution in [-0.2, 0) is 12.8 Å². The Morgan fingerprint density at radius 2 is 1.90 bits per heavy atom. The zero-order valence-electron chi connectivity index (χ0n) is 12.4. The van der Waals surface area contributed by atoms with Gasteiger partial charge < -0.3 is 5.73 Å². The molecule has 0 fully saturated rings. The fraction of sp³-hybridized carbons (Fsp3) is 0.368. The molecule has 3 rings (SSSR count). The summed E-state index contributed by atoms with van der Waals surface area (Å²) in [6.45, 7) is 5.28. The number of rotatable bonds is 3. The second-order valence-corrected chi connectivity index (χ2v) is 6.03. The minimum Gasteiger partial charge on any atom is -0.330 e. The first-order chi connectivity index (χ1) is 9.69. The van der Waals surface area contributed by atoms with Gasteiger partial charge in [-0.2, -0.15) is 0 Å². The van der Waals surface area contributed by atoms with E-state index in [9.17, 15) is 0 Å². The standard InChI is InChI=1S/C19H23N/c1-13-5-7-16-12-17-11-15(4-3-9-20)6-8-18(17)14(2)19(16)10-13/h5-8,10-11,14H,3-4,9,12,20H2,1-2H3. The molecule has 1 heteroatoms. The molecule has 0 amide bonds. The van der Waals surface area contributed by atoms with E-state index >= 15 is 0 Å². The van der Waals surface area contributed by atoms with Crippen LogP contribution in [0.2, 0.25) is 0 Å². The lowest BCUT2D eigenvalue weighted by Crippen LogP contribution is -2.12. The molecule has 0 spiro atoms. The fourth-order valence-corrected chi connectivity index (χ4v) is 3.35. The normalized spacial score (nSPS) is 16.6. The first-order valence-electron chi connectivity index (χ1n) is 7.60. The van der Waals surface area contributed by atoms with Crippen LogP contribution in [0.5, 0.6) is 0 Å². The average molecular weight is 265 g/mol. The zero-order chi connectivity index (χ0) is 14.1.